The maximum Gasteiger partial charge on any atom is 0.270 e. The molecule has 1 amide bonds. The largest absolute Gasteiger partial charge is 0.383 e. The van der Waals surface area contributed by atoms with Gasteiger partial charge in [-0.15, -0.1) is 0 Å². The normalized spacial score (nSPS) is 13.7. The second-order valence-corrected chi connectivity index (χ2v) is 6.24. The van der Waals surface area contributed by atoms with Gasteiger partial charge in [0.05, 0.1) is 12.7 Å². The third-order valence-corrected chi connectivity index (χ3v) is 4.13. The van der Waals surface area contributed by atoms with Gasteiger partial charge in [0.15, 0.2) is 0 Å². The van der Waals surface area contributed by atoms with Crippen molar-refractivity contribution in [2.75, 3.05) is 6.54 Å². The number of carbonyl (C=O) groups is 1. The van der Waals surface area contributed by atoms with E-state index >= 15 is 0 Å². The third kappa shape index (κ3) is 3.25. The van der Waals surface area contributed by atoms with Gasteiger partial charge in [0, 0.05) is 24.2 Å². The van der Waals surface area contributed by atoms with Crippen LogP contribution >= 0.6 is 11.6 Å². The zero-order valence-corrected chi connectivity index (χ0v) is 14.1. The molecule has 1 atom stereocenters. The summed E-state index contributed by atoms with van der Waals surface area (Å²) in [5.41, 5.74) is -0.402. The number of aromatic nitrogens is 3. The van der Waals surface area contributed by atoms with E-state index in [2.05, 4.69) is 15.4 Å². The molecule has 0 aliphatic carbocycles. The number of benzene rings is 1. The first kappa shape index (κ1) is 16.4. The molecule has 0 aliphatic heterocycles. The lowest BCUT2D eigenvalue weighted by molar-refractivity contribution is 0.0524. The number of halogens is 1. The van der Waals surface area contributed by atoms with Gasteiger partial charge in [-0.05, 0) is 18.4 Å². The van der Waals surface area contributed by atoms with E-state index in [1.807, 2.05) is 24.3 Å². The molecule has 1 unspecified atom stereocenters. The van der Waals surface area contributed by atoms with Crippen molar-refractivity contribution in [2.24, 2.45) is 7.05 Å². The van der Waals surface area contributed by atoms with Crippen LogP contribution in [0.3, 0.4) is 0 Å². The molecular formula is C17H17ClN4O2. The van der Waals surface area contributed by atoms with E-state index < -0.39 is 11.5 Å². The fraction of sp³-hybridized carbons (Fsp3) is 0.235. The summed E-state index contributed by atoms with van der Waals surface area (Å²) in [7, 11) is 1.76. The lowest BCUT2D eigenvalue weighted by Gasteiger charge is -2.22. The van der Waals surface area contributed by atoms with Gasteiger partial charge in [-0.3, -0.25) is 9.48 Å². The number of aliphatic hydroxyl groups is 1. The number of hydrogen-bond acceptors (Lipinski definition) is 4. The Hall–Kier alpha value is -2.44. The van der Waals surface area contributed by atoms with Crippen molar-refractivity contribution < 1.29 is 9.90 Å². The number of pyridine rings is 1. The summed E-state index contributed by atoms with van der Waals surface area (Å²) in [6.45, 7) is 1.65. The molecule has 2 heterocycles. The first-order valence-electron chi connectivity index (χ1n) is 7.42. The van der Waals surface area contributed by atoms with Gasteiger partial charge >= 0.3 is 0 Å². The molecule has 0 aliphatic rings. The summed E-state index contributed by atoms with van der Waals surface area (Å²) in [5, 5.41) is 19.1. The number of aryl methyl sites for hydroxylation is 1. The highest BCUT2D eigenvalue weighted by atomic mass is 35.5. The lowest BCUT2D eigenvalue weighted by atomic mass is 10.00. The summed E-state index contributed by atoms with van der Waals surface area (Å²) in [5.74, 6) is -0.396. The zero-order valence-electron chi connectivity index (χ0n) is 13.3. The average molecular weight is 345 g/mol. The first-order valence-corrected chi connectivity index (χ1v) is 7.79. The van der Waals surface area contributed by atoms with Crippen LogP contribution in [0.2, 0.25) is 5.15 Å². The van der Waals surface area contributed by atoms with Crippen molar-refractivity contribution in [3.05, 3.63) is 59.1 Å². The Kier molecular flexibility index (Phi) is 4.26. The number of amides is 1. The first-order chi connectivity index (χ1) is 11.4. The van der Waals surface area contributed by atoms with Gasteiger partial charge in [-0.1, -0.05) is 35.9 Å². The Balaban J connectivity index is 1.78. The van der Waals surface area contributed by atoms with Crippen LogP contribution in [0.4, 0.5) is 0 Å². The van der Waals surface area contributed by atoms with Crippen LogP contribution in [0.25, 0.3) is 10.8 Å². The van der Waals surface area contributed by atoms with E-state index in [4.69, 9.17) is 11.6 Å². The van der Waals surface area contributed by atoms with Crippen LogP contribution in [0.5, 0.6) is 0 Å². The van der Waals surface area contributed by atoms with Gasteiger partial charge in [0.25, 0.3) is 5.91 Å². The van der Waals surface area contributed by atoms with Crippen LogP contribution in [0, 0.1) is 0 Å². The second kappa shape index (κ2) is 6.22. The van der Waals surface area contributed by atoms with Crippen molar-refractivity contribution in [1.29, 1.82) is 0 Å². The summed E-state index contributed by atoms with van der Waals surface area (Å²) >= 11 is 6.14. The van der Waals surface area contributed by atoms with Crippen LogP contribution in [0.15, 0.2) is 42.7 Å². The van der Waals surface area contributed by atoms with E-state index in [0.29, 0.717) is 5.56 Å². The van der Waals surface area contributed by atoms with Gasteiger partial charge in [-0.2, -0.15) is 5.10 Å². The van der Waals surface area contributed by atoms with E-state index in [-0.39, 0.29) is 17.4 Å². The predicted molar refractivity (Wildman–Crippen MR) is 91.9 cm³/mol. The number of nitrogens with one attached hydrogen (secondary N) is 1. The van der Waals surface area contributed by atoms with Crippen LogP contribution in [-0.4, -0.2) is 32.3 Å². The third-order valence-electron chi connectivity index (χ3n) is 3.85. The molecule has 0 fully saturated rings. The van der Waals surface area contributed by atoms with Crippen LogP contribution in [0.1, 0.15) is 23.0 Å². The minimum Gasteiger partial charge on any atom is -0.383 e. The molecule has 3 rings (SSSR count). The number of fused-ring (bicyclic) bond motifs is 1. The lowest BCUT2D eigenvalue weighted by Crippen LogP contribution is -2.38. The summed E-state index contributed by atoms with van der Waals surface area (Å²) < 4.78 is 1.59. The molecule has 2 aromatic heterocycles. The quantitative estimate of drug-likeness (QED) is 0.711. The standard InChI is InChI=1S/C17H17ClN4O2/c1-17(24,12-8-20-22(2)9-12)10-19-16(23)14-7-11-5-3-4-6-13(11)15(18)21-14/h3-9,24H,10H2,1-2H3,(H,19,23). The van der Waals surface area contributed by atoms with Gasteiger partial charge in [0.2, 0.25) is 0 Å². The fourth-order valence-corrected chi connectivity index (χ4v) is 2.68. The van der Waals surface area contributed by atoms with Crippen molar-refractivity contribution in [2.45, 2.75) is 12.5 Å². The Morgan fingerprint density at radius 1 is 1.42 bits per heavy atom. The molecule has 6 nitrogen and oxygen atoms in total. The monoisotopic (exact) mass is 344 g/mol. The Bertz CT molecular complexity index is 904. The molecule has 0 saturated carbocycles. The molecule has 2 N–H and O–H groups in total. The minimum absolute atomic E-state index is 0.0314. The van der Waals surface area contributed by atoms with Crippen molar-refractivity contribution >= 4 is 28.3 Å². The number of nitrogens with zero attached hydrogens (tertiary/aromatic N) is 3. The highest BCUT2D eigenvalue weighted by Crippen LogP contribution is 2.23. The molecular weight excluding hydrogens is 328 g/mol. The van der Waals surface area contributed by atoms with E-state index in [9.17, 15) is 9.90 Å². The molecule has 7 heteroatoms. The summed E-state index contributed by atoms with van der Waals surface area (Å²) in [4.78, 5) is 16.5. The highest BCUT2D eigenvalue weighted by Gasteiger charge is 2.26. The molecule has 124 valence electrons. The smallest absolute Gasteiger partial charge is 0.270 e. The van der Waals surface area contributed by atoms with E-state index in [1.165, 1.54) is 0 Å². The van der Waals surface area contributed by atoms with Crippen molar-refractivity contribution in [3.63, 3.8) is 0 Å². The molecule has 0 radical (unpaired) electrons. The van der Waals surface area contributed by atoms with E-state index in [1.54, 1.807) is 37.1 Å². The summed E-state index contributed by atoms with van der Waals surface area (Å²) in [6, 6.07) is 9.12. The molecule has 0 bridgehead atoms. The Labute approximate surface area is 144 Å². The van der Waals surface area contributed by atoms with Crippen LogP contribution in [-0.2, 0) is 12.6 Å². The maximum absolute atomic E-state index is 12.4. The van der Waals surface area contributed by atoms with Crippen molar-refractivity contribution in [3.8, 4) is 0 Å². The molecule has 3 aromatic rings. The fourth-order valence-electron chi connectivity index (χ4n) is 2.42. The van der Waals surface area contributed by atoms with E-state index in [0.717, 1.165) is 10.8 Å². The van der Waals surface area contributed by atoms with Gasteiger partial charge < -0.3 is 10.4 Å². The number of carbonyl (C=O) groups excluding carboxylic acids is 1. The average Bonchev–Trinajstić information content (AvgIpc) is 3.00. The number of rotatable bonds is 4. The van der Waals surface area contributed by atoms with Gasteiger partial charge in [0.1, 0.15) is 16.4 Å². The van der Waals surface area contributed by atoms with Gasteiger partial charge in [-0.25, -0.2) is 4.98 Å². The molecule has 0 saturated heterocycles. The highest BCUT2D eigenvalue weighted by molar-refractivity contribution is 6.34. The topological polar surface area (TPSA) is 80.0 Å². The SMILES string of the molecule is Cn1cc(C(C)(O)CNC(=O)c2cc3ccccc3c(Cl)n2)cn1. The molecule has 1 aromatic carbocycles. The zero-order chi connectivity index (χ0) is 17.3. The number of hydrogen-bond donors (Lipinski definition) is 2. The maximum atomic E-state index is 12.4. The molecule has 24 heavy (non-hydrogen) atoms. The van der Waals surface area contributed by atoms with Crippen LogP contribution < -0.4 is 5.32 Å². The summed E-state index contributed by atoms with van der Waals surface area (Å²) in [6.07, 6.45) is 3.27. The molecule has 0 spiro atoms. The predicted octanol–water partition coefficient (Wildman–Crippen LogP) is 2.26. The second-order valence-electron chi connectivity index (χ2n) is 5.88. The van der Waals surface area contributed by atoms with Crippen molar-refractivity contribution in [1.82, 2.24) is 20.1 Å². The Morgan fingerprint density at radius 2 is 2.17 bits per heavy atom. The Morgan fingerprint density at radius 3 is 2.88 bits per heavy atom. The minimum atomic E-state index is -1.23.